The van der Waals surface area contributed by atoms with Crippen LogP contribution in [0.4, 0.5) is 0 Å². The molecule has 0 saturated carbocycles. The van der Waals surface area contributed by atoms with Crippen molar-refractivity contribution in [2.45, 2.75) is 32.3 Å². The van der Waals surface area contributed by atoms with Gasteiger partial charge in [0.15, 0.2) is 6.61 Å². The van der Waals surface area contributed by atoms with Crippen LogP contribution in [0.2, 0.25) is 0 Å². The fourth-order valence-corrected chi connectivity index (χ4v) is 4.59. The van der Waals surface area contributed by atoms with Crippen molar-refractivity contribution in [1.29, 1.82) is 0 Å². The van der Waals surface area contributed by atoms with E-state index in [-0.39, 0.29) is 6.61 Å². The maximum Gasteiger partial charge on any atom is 0.344 e. The summed E-state index contributed by atoms with van der Waals surface area (Å²) in [7, 11) is 3.25. The lowest BCUT2D eigenvalue weighted by atomic mass is 9.98. The Morgan fingerprint density at radius 3 is 1.62 bits per heavy atom. The van der Waals surface area contributed by atoms with E-state index in [0.29, 0.717) is 0 Å². The van der Waals surface area contributed by atoms with E-state index in [9.17, 15) is 14.4 Å². The number of carboxylic acid groups (broad SMARTS) is 1. The second-order valence-corrected chi connectivity index (χ2v) is 10.5. The van der Waals surface area contributed by atoms with Crippen LogP contribution >= 0.6 is 0 Å². The summed E-state index contributed by atoms with van der Waals surface area (Å²) in [6, 6.07) is 32.3. The molecular formula is C37H36O8. The highest BCUT2D eigenvalue weighted by Crippen LogP contribution is 2.27. The smallest absolute Gasteiger partial charge is 0.344 e. The number of methoxy groups -OCH3 is 2. The molecule has 5 aromatic carbocycles. The molecule has 232 valence electrons. The number of esters is 2. The van der Waals surface area contributed by atoms with Gasteiger partial charge in [-0.15, -0.1) is 0 Å². The molecule has 8 heteroatoms. The van der Waals surface area contributed by atoms with E-state index in [1.807, 2.05) is 103 Å². The first kappa shape index (κ1) is 32.5. The number of carboxylic acids is 1. The number of carbonyl (C=O) groups excluding carboxylic acids is 2. The monoisotopic (exact) mass is 608 g/mol. The third kappa shape index (κ3) is 8.83. The van der Waals surface area contributed by atoms with Crippen molar-refractivity contribution >= 4 is 39.5 Å². The van der Waals surface area contributed by atoms with Gasteiger partial charge in [-0.25, -0.2) is 4.79 Å². The predicted molar refractivity (Wildman–Crippen MR) is 173 cm³/mol. The van der Waals surface area contributed by atoms with Crippen molar-refractivity contribution in [3.05, 3.63) is 120 Å². The van der Waals surface area contributed by atoms with Gasteiger partial charge in [-0.1, -0.05) is 78.9 Å². The lowest BCUT2D eigenvalue weighted by Gasteiger charge is -2.13. The van der Waals surface area contributed by atoms with Gasteiger partial charge in [0.1, 0.15) is 18.1 Å². The molecule has 45 heavy (non-hydrogen) atoms. The minimum absolute atomic E-state index is 0.154. The predicted octanol–water partition coefficient (Wildman–Crippen LogP) is 7.28. The van der Waals surface area contributed by atoms with E-state index in [4.69, 9.17) is 24.1 Å². The summed E-state index contributed by atoms with van der Waals surface area (Å²) >= 11 is 0. The number of hydrogen-bond donors (Lipinski definition) is 1. The molecule has 5 aromatic rings. The molecule has 0 spiro atoms. The third-order valence-electron chi connectivity index (χ3n) is 7.44. The van der Waals surface area contributed by atoms with Gasteiger partial charge in [0, 0.05) is 0 Å². The Morgan fingerprint density at radius 2 is 1.11 bits per heavy atom. The number of aliphatic carboxylic acids is 1. The van der Waals surface area contributed by atoms with E-state index >= 15 is 0 Å². The van der Waals surface area contributed by atoms with E-state index in [2.05, 4.69) is 0 Å². The van der Waals surface area contributed by atoms with Gasteiger partial charge in [0.2, 0.25) is 0 Å². The molecule has 0 heterocycles. The fraction of sp³-hybridized carbons (Fsp3) is 0.216. The van der Waals surface area contributed by atoms with Crippen molar-refractivity contribution in [3.8, 4) is 11.5 Å². The zero-order valence-electron chi connectivity index (χ0n) is 25.7. The largest absolute Gasteiger partial charge is 0.497 e. The lowest BCUT2D eigenvalue weighted by Crippen LogP contribution is -2.20. The molecule has 0 aliphatic heterocycles. The quantitative estimate of drug-likeness (QED) is 0.165. The van der Waals surface area contributed by atoms with Gasteiger partial charge in [-0.3, -0.25) is 9.59 Å². The van der Waals surface area contributed by atoms with Crippen LogP contribution in [0.15, 0.2) is 103 Å². The van der Waals surface area contributed by atoms with Crippen LogP contribution in [0, 0.1) is 0 Å². The Labute approximate surface area is 262 Å². The van der Waals surface area contributed by atoms with Crippen LogP contribution in [0.5, 0.6) is 11.5 Å². The van der Waals surface area contributed by atoms with Gasteiger partial charge in [0.05, 0.1) is 26.1 Å². The maximum absolute atomic E-state index is 12.3. The van der Waals surface area contributed by atoms with Gasteiger partial charge >= 0.3 is 17.9 Å². The molecule has 2 unspecified atom stereocenters. The molecule has 8 nitrogen and oxygen atoms in total. The van der Waals surface area contributed by atoms with Crippen molar-refractivity contribution in [2.75, 3.05) is 20.8 Å². The van der Waals surface area contributed by atoms with E-state index in [1.165, 1.54) is 0 Å². The molecule has 0 radical (unpaired) electrons. The van der Waals surface area contributed by atoms with Crippen molar-refractivity contribution < 1.29 is 38.4 Å². The molecule has 5 rings (SSSR count). The van der Waals surface area contributed by atoms with Crippen molar-refractivity contribution in [2.24, 2.45) is 0 Å². The Balaban J connectivity index is 0.000000231. The molecule has 0 fully saturated rings. The summed E-state index contributed by atoms with van der Waals surface area (Å²) in [5.41, 5.74) is 2.51. The number of benzene rings is 5. The van der Waals surface area contributed by atoms with Crippen LogP contribution < -0.4 is 9.47 Å². The van der Waals surface area contributed by atoms with Crippen LogP contribution in [0.25, 0.3) is 21.5 Å². The van der Waals surface area contributed by atoms with Crippen LogP contribution in [-0.4, -0.2) is 43.8 Å². The molecule has 0 amide bonds. The normalized spacial score (nSPS) is 11.9. The Bertz CT molecular complexity index is 1780. The van der Waals surface area contributed by atoms with Gasteiger partial charge in [0.25, 0.3) is 0 Å². The summed E-state index contributed by atoms with van der Waals surface area (Å²) in [6.07, 6.45) is 0. The molecule has 2 atom stereocenters. The number of fused-ring (bicyclic) bond motifs is 2. The first-order valence-corrected chi connectivity index (χ1v) is 14.4. The minimum Gasteiger partial charge on any atom is -0.497 e. The summed E-state index contributed by atoms with van der Waals surface area (Å²) in [5, 5.41) is 13.1. The first-order valence-electron chi connectivity index (χ1n) is 14.4. The highest BCUT2D eigenvalue weighted by molar-refractivity contribution is 5.88. The molecule has 0 aliphatic carbocycles. The lowest BCUT2D eigenvalue weighted by molar-refractivity contribution is -0.160. The Hall–Kier alpha value is -5.37. The maximum atomic E-state index is 12.3. The average molecular weight is 609 g/mol. The number of carbonyl (C=O) groups is 3. The van der Waals surface area contributed by atoms with Crippen LogP contribution in [0.3, 0.4) is 0 Å². The molecular weight excluding hydrogens is 572 g/mol. The highest BCUT2D eigenvalue weighted by Gasteiger charge is 2.19. The van der Waals surface area contributed by atoms with Crippen molar-refractivity contribution in [3.63, 3.8) is 0 Å². The SMILES string of the molecule is COc1ccc2cc(C(C)C(=O)O)ccc2c1.COc1ccc2cc(C(C)C(=O)OCC(=O)OCc3ccccc3)ccc2c1. The summed E-state index contributed by atoms with van der Waals surface area (Å²) in [4.78, 5) is 35.0. The third-order valence-corrected chi connectivity index (χ3v) is 7.44. The van der Waals surface area contributed by atoms with Crippen LogP contribution in [-0.2, 0) is 30.5 Å². The zero-order valence-corrected chi connectivity index (χ0v) is 25.7. The Morgan fingerprint density at radius 1 is 0.622 bits per heavy atom. The van der Waals surface area contributed by atoms with E-state index < -0.39 is 36.4 Å². The standard InChI is InChI=1S/C23H22O5.C14H14O3/c1-16(18-8-9-20-13-21(26-2)11-10-19(20)12-18)23(25)28-15-22(24)27-14-17-6-4-3-5-7-17;1-9(14(15)16)10-3-4-12-8-13(17-2)6-5-11(12)7-10/h3-13,16H,14-15H2,1-2H3;3-9H,1-2H3,(H,15,16). The van der Waals surface area contributed by atoms with Gasteiger partial charge < -0.3 is 24.1 Å². The van der Waals surface area contributed by atoms with Crippen molar-refractivity contribution in [1.82, 2.24) is 0 Å². The van der Waals surface area contributed by atoms with Crippen LogP contribution in [0.1, 0.15) is 42.4 Å². The second kappa shape index (κ2) is 15.4. The summed E-state index contributed by atoms with van der Waals surface area (Å²) < 4.78 is 20.6. The van der Waals surface area contributed by atoms with Gasteiger partial charge in [-0.2, -0.15) is 0 Å². The zero-order chi connectivity index (χ0) is 32.3. The fourth-order valence-electron chi connectivity index (χ4n) is 4.59. The van der Waals surface area contributed by atoms with E-state index in [1.54, 1.807) is 28.1 Å². The van der Waals surface area contributed by atoms with E-state index in [0.717, 1.165) is 49.7 Å². The Kier molecular flexibility index (Phi) is 11.1. The summed E-state index contributed by atoms with van der Waals surface area (Å²) in [5.74, 6) is -1.24. The average Bonchev–Trinajstić information content (AvgIpc) is 3.08. The molecule has 0 aliphatic rings. The second-order valence-electron chi connectivity index (χ2n) is 10.5. The summed E-state index contributed by atoms with van der Waals surface area (Å²) in [6.45, 7) is 3.19. The molecule has 0 saturated heterocycles. The molecule has 0 bridgehead atoms. The first-order chi connectivity index (χ1) is 21.7. The molecule has 1 N–H and O–H groups in total. The number of hydrogen-bond acceptors (Lipinski definition) is 7. The minimum atomic E-state index is -0.808. The number of rotatable bonds is 10. The highest BCUT2D eigenvalue weighted by atomic mass is 16.6. The number of ether oxygens (including phenoxy) is 4. The van der Waals surface area contributed by atoms with Gasteiger partial charge in [-0.05, 0) is 76.3 Å². The topological polar surface area (TPSA) is 108 Å². The molecule has 0 aromatic heterocycles.